The maximum absolute atomic E-state index is 13.1. The van der Waals surface area contributed by atoms with Crippen molar-refractivity contribution in [2.45, 2.75) is 58.4 Å². The van der Waals surface area contributed by atoms with Crippen LogP contribution in [0.2, 0.25) is 0 Å². The molecular formula is C25H34FN3OS. The van der Waals surface area contributed by atoms with Gasteiger partial charge in [-0.05, 0) is 55.9 Å². The summed E-state index contributed by atoms with van der Waals surface area (Å²) in [6.45, 7) is 6.53. The van der Waals surface area contributed by atoms with Crippen LogP contribution in [0.25, 0.3) is 11.3 Å². The number of halogens is 1. The highest BCUT2D eigenvalue weighted by Gasteiger charge is 2.31. The highest BCUT2D eigenvalue weighted by molar-refractivity contribution is 7.09. The van der Waals surface area contributed by atoms with Gasteiger partial charge in [-0.3, -0.25) is 9.69 Å². The van der Waals surface area contributed by atoms with E-state index in [0.29, 0.717) is 5.91 Å². The van der Waals surface area contributed by atoms with Crippen LogP contribution in [-0.2, 0) is 11.3 Å². The van der Waals surface area contributed by atoms with Crippen molar-refractivity contribution in [1.82, 2.24) is 14.8 Å². The molecule has 2 fully saturated rings. The number of nitrogens with zero attached hydrogens (tertiary/aromatic N) is 3. The number of benzene rings is 1. The average molecular weight is 444 g/mol. The number of amides is 1. The normalized spacial score (nSPS) is 22.6. The third-order valence-electron chi connectivity index (χ3n) is 6.90. The van der Waals surface area contributed by atoms with Crippen molar-refractivity contribution in [3.63, 3.8) is 0 Å². The molecule has 0 radical (unpaired) electrons. The van der Waals surface area contributed by atoms with Crippen molar-refractivity contribution in [2.75, 3.05) is 26.2 Å². The Morgan fingerprint density at radius 2 is 1.81 bits per heavy atom. The lowest BCUT2D eigenvalue weighted by Crippen LogP contribution is -2.50. The summed E-state index contributed by atoms with van der Waals surface area (Å²) < 4.78 is 13.1. The van der Waals surface area contributed by atoms with Gasteiger partial charge < -0.3 is 4.90 Å². The quantitative estimate of drug-likeness (QED) is 0.560. The van der Waals surface area contributed by atoms with E-state index in [-0.39, 0.29) is 11.7 Å². The Morgan fingerprint density at radius 3 is 2.48 bits per heavy atom. The molecule has 168 valence electrons. The minimum atomic E-state index is -0.226. The van der Waals surface area contributed by atoms with Gasteiger partial charge in [-0.2, -0.15) is 0 Å². The summed E-state index contributed by atoms with van der Waals surface area (Å²) in [5, 5.41) is 3.11. The van der Waals surface area contributed by atoms with E-state index >= 15 is 0 Å². The molecule has 2 heterocycles. The zero-order valence-electron chi connectivity index (χ0n) is 18.6. The summed E-state index contributed by atoms with van der Waals surface area (Å²) >= 11 is 1.65. The van der Waals surface area contributed by atoms with Crippen LogP contribution in [0.15, 0.2) is 29.6 Å². The Morgan fingerprint density at radius 1 is 1.10 bits per heavy atom. The molecular weight excluding hydrogens is 409 g/mol. The Balaban J connectivity index is 1.22. The Labute approximate surface area is 189 Å². The van der Waals surface area contributed by atoms with Gasteiger partial charge in [-0.1, -0.05) is 26.2 Å². The fourth-order valence-corrected chi connectivity index (χ4v) is 5.75. The summed E-state index contributed by atoms with van der Waals surface area (Å²) in [6, 6.07) is 6.50. The van der Waals surface area contributed by atoms with E-state index in [4.69, 9.17) is 4.98 Å². The number of aromatic nitrogens is 1. The van der Waals surface area contributed by atoms with E-state index in [1.54, 1.807) is 23.5 Å². The van der Waals surface area contributed by atoms with Gasteiger partial charge >= 0.3 is 0 Å². The number of piperazine rings is 1. The first-order chi connectivity index (χ1) is 15.1. The lowest BCUT2D eigenvalue weighted by molar-refractivity contribution is -0.138. The molecule has 4 nitrogen and oxygen atoms in total. The number of unbranched alkanes of at least 4 members (excludes halogenated alkanes) is 1. The molecule has 0 N–H and O–H groups in total. The van der Waals surface area contributed by atoms with Gasteiger partial charge in [0.2, 0.25) is 5.91 Å². The summed E-state index contributed by atoms with van der Waals surface area (Å²) in [6.07, 6.45) is 8.58. The fourth-order valence-electron chi connectivity index (χ4n) is 4.90. The van der Waals surface area contributed by atoms with Crippen molar-refractivity contribution >= 4 is 17.2 Å². The van der Waals surface area contributed by atoms with Crippen molar-refractivity contribution in [3.05, 3.63) is 40.5 Å². The van der Waals surface area contributed by atoms with Crippen LogP contribution in [0.3, 0.4) is 0 Å². The second-order valence-corrected chi connectivity index (χ2v) is 10.0. The molecule has 1 aliphatic carbocycles. The summed E-state index contributed by atoms with van der Waals surface area (Å²) in [4.78, 5) is 22.2. The van der Waals surface area contributed by atoms with Crippen LogP contribution < -0.4 is 0 Å². The number of carbonyl (C=O) groups is 1. The van der Waals surface area contributed by atoms with Crippen LogP contribution in [0, 0.1) is 17.7 Å². The maximum Gasteiger partial charge on any atom is 0.225 e. The van der Waals surface area contributed by atoms with Crippen LogP contribution in [0.1, 0.15) is 56.9 Å². The van der Waals surface area contributed by atoms with Crippen LogP contribution >= 0.6 is 11.3 Å². The zero-order chi connectivity index (χ0) is 21.6. The Bertz CT molecular complexity index is 837. The van der Waals surface area contributed by atoms with Gasteiger partial charge in [-0.15, -0.1) is 11.3 Å². The number of rotatable bonds is 7. The summed E-state index contributed by atoms with van der Waals surface area (Å²) in [7, 11) is 0. The van der Waals surface area contributed by atoms with E-state index in [1.807, 2.05) is 5.38 Å². The maximum atomic E-state index is 13.1. The molecule has 1 saturated carbocycles. The molecule has 0 spiro atoms. The van der Waals surface area contributed by atoms with Crippen molar-refractivity contribution in [1.29, 1.82) is 0 Å². The third-order valence-corrected chi connectivity index (χ3v) is 7.73. The average Bonchev–Trinajstić information content (AvgIpc) is 3.27. The number of carbonyl (C=O) groups excluding carboxylic acids is 1. The highest BCUT2D eigenvalue weighted by Crippen LogP contribution is 2.33. The molecule has 4 rings (SSSR count). The Hall–Kier alpha value is -1.79. The van der Waals surface area contributed by atoms with Gasteiger partial charge in [0, 0.05) is 43.0 Å². The van der Waals surface area contributed by atoms with E-state index in [0.717, 1.165) is 67.7 Å². The van der Waals surface area contributed by atoms with Crippen molar-refractivity contribution in [2.24, 2.45) is 11.8 Å². The molecule has 6 heteroatoms. The monoisotopic (exact) mass is 443 g/mol. The zero-order valence-corrected chi connectivity index (χ0v) is 19.4. The topological polar surface area (TPSA) is 36.4 Å². The molecule has 1 saturated heterocycles. The lowest BCUT2D eigenvalue weighted by Gasteiger charge is -2.37. The molecule has 0 atom stereocenters. The second-order valence-electron chi connectivity index (χ2n) is 9.09. The first-order valence-corrected chi connectivity index (χ1v) is 12.7. The minimum absolute atomic E-state index is 0.226. The molecule has 0 unspecified atom stereocenters. The van der Waals surface area contributed by atoms with Crippen LogP contribution in [0.4, 0.5) is 4.39 Å². The van der Waals surface area contributed by atoms with Gasteiger partial charge in [0.1, 0.15) is 10.8 Å². The minimum Gasteiger partial charge on any atom is -0.340 e. The van der Waals surface area contributed by atoms with E-state index in [9.17, 15) is 9.18 Å². The molecule has 1 aromatic heterocycles. The highest BCUT2D eigenvalue weighted by atomic mass is 32.1. The van der Waals surface area contributed by atoms with E-state index in [1.165, 1.54) is 44.2 Å². The van der Waals surface area contributed by atoms with E-state index in [2.05, 4.69) is 16.7 Å². The van der Waals surface area contributed by atoms with Gasteiger partial charge in [-0.25, -0.2) is 9.37 Å². The summed E-state index contributed by atoms with van der Waals surface area (Å²) in [5.41, 5.74) is 1.85. The van der Waals surface area contributed by atoms with Crippen LogP contribution in [0.5, 0.6) is 0 Å². The number of hydrogen-bond donors (Lipinski definition) is 0. The molecule has 0 bridgehead atoms. The fraction of sp³-hybridized carbons (Fsp3) is 0.600. The van der Waals surface area contributed by atoms with Gasteiger partial charge in [0.05, 0.1) is 12.2 Å². The molecule has 2 aromatic rings. The number of hydrogen-bond acceptors (Lipinski definition) is 4. The predicted molar refractivity (Wildman–Crippen MR) is 124 cm³/mol. The Kier molecular flexibility index (Phi) is 7.72. The van der Waals surface area contributed by atoms with Crippen molar-refractivity contribution < 1.29 is 9.18 Å². The van der Waals surface area contributed by atoms with Crippen molar-refractivity contribution in [3.8, 4) is 11.3 Å². The largest absolute Gasteiger partial charge is 0.340 e. The third kappa shape index (κ3) is 5.92. The first kappa shape index (κ1) is 22.4. The van der Waals surface area contributed by atoms with Crippen LogP contribution in [-0.4, -0.2) is 46.9 Å². The first-order valence-electron chi connectivity index (χ1n) is 11.8. The van der Waals surface area contributed by atoms with Gasteiger partial charge in [0.25, 0.3) is 0 Å². The second kappa shape index (κ2) is 10.7. The molecule has 1 aliphatic heterocycles. The molecule has 1 amide bonds. The number of thiazole rings is 1. The molecule has 31 heavy (non-hydrogen) atoms. The SMILES string of the molecule is CCCCC1CCC(C(=O)N2CCN(Cc3nc(-c4ccc(F)cc4)cs3)CC2)CC1. The van der Waals surface area contributed by atoms with Gasteiger partial charge in [0.15, 0.2) is 0 Å². The molecule has 1 aromatic carbocycles. The summed E-state index contributed by atoms with van der Waals surface area (Å²) in [5.74, 6) is 1.26. The molecule has 2 aliphatic rings. The smallest absolute Gasteiger partial charge is 0.225 e. The predicted octanol–water partition coefficient (Wildman–Crippen LogP) is 5.59. The van der Waals surface area contributed by atoms with E-state index < -0.39 is 0 Å². The lowest BCUT2D eigenvalue weighted by atomic mass is 9.79. The standard InChI is InChI=1S/C25H34FN3OS/c1-2-3-4-19-5-7-21(8-6-19)25(30)29-15-13-28(14-16-29)17-24-27-23(18-31-24)20-9-11-22(26)12-10-20/h9-12,18-19,21H,2-8,13-17H2,1H3.